The molecule has 2 rings (SSSR count). The lowest BCUT2D eigenvalue weighted by molar-refractivity contribution is -0.117. The number of carbonyl (C=O) groups excluding carboxylic acids is 2. The summed E-state index contributed by atoms with van der Waals surface area (Å²) < 4.78 is 38.7. The Labute approximate surface area is 120 Å². The van der Waals surface area contributed by atoms with Crippen molar-refractivity contribution in [3.8, 4) is 0 Å². The minimum atomic E-state index is -4.63. The first-order chi connectivity index (χ1) is 9.80. The molecule has 0 radical (unpaired) electrons. The van der Waals surface area contributed by atoms with Crippen LogP contribution in [0.2, 0.25) is 0 Å². The Bertz CT molecular complexity index is 657. The van der Waals surface area contributed by atoms with Crippen molar-refractivity contribution < 1.29 is 26.6 Å². The molecule has 1 fully saturated rings. The lowest BCUT2D eigenvalue weighted by atomic mass is 10.1. The number of aromatic nitrogens is 2. The van der Waals surface area contributed by atoms with Crippen LogP contribution < -0.4 is 4.90 Å². The van der Waals surface area contributed by atoms with Crippen LogP contribution in [0.25, 0.3) is 0 Å². The maximum Gasteiger partial charge on any atom is 0.356 e. The van der Waals surface area contributed by atoms with E-state index < -0.39 is 27.9 Å². The molecule has 1 saturated heterocycles. The molecule has 1 amide bonds. The monoisotopic (exact) mass is 319 g/mol. The van der Waals surface area contributed by atoms with Gasteiger partial charge in [-0.3, -0.25) is 14.8 Å². The number of aromatic amines is 1. The summed E-state index contributed by atoms with van der Waals surface area (Å²) in [6, 6.07) is 1.34. The van der Waals surface area contributed by atoms with E-state index >= 15 is 0 Å². The van der Waals surface area contributed by atoms with Gasteiger partial charge in [0.1, 0.15) is 5.69 Å². The summed E-state index contributed by atoms with van der Waals surface area (Å²) in [6.07, 6.45) is -0.0786. The molecule has 1 aliphatic heterocycles. The number of esters is 1. The average molecular weight is 319 g/mol. The zero-order valence-corrected chi connectivity index (χ0v) is 12.0. The standard InChI is InChI=1S/C11H14FN3O5S/c1-2-20-11(17)8-4-9(14-13-8)15-5-7(3-10(15)16)6-21(12,18)19/h4,7H,2-3,5-6H2,1H3,(H,13,14). The number of ether oxygens (including phenoxy) is 1. The SMILES string of the molecule is CCOC(=O)c1cc(N2CC(CS(=O)(=O)F)CC2=O)n[nH]1. The van der Waals surface area contributed by atoms with Gasteiger partial charge in [0.15, 0.2) is 5.82 Å². The molecule has 0 saturated carbocycles. The Balaban J connectivity index is 2.09. The van der Waals surface area contributed by atoms with Crippen molar-refractivity contribution >= 4 is 27.9 Å². The molecule has 1 aromatic heterocycles. The van der Waals surface area contributed by atoms with Gasteiger partial charge in [-0.25, -0.2) is 4.79 Å². The minimum Gasteiger partial charge on any atom is -0.461 e. The predicted molar refractivity (Wildman–Crippen MR) is 69.9 cm³/mol. The first-order valence-electron chi connectivity index (χ1n) is 6.25. The number of nitrogens with one attached hydrogen (secondary N) is 1. The average Bonchev–Trinajstić information content (AvgIpc) is 2.94. The van der Waals surface area contributed by atoms with E-state index in [-0.39, 0.29) is 37.0 Å². The quantitative estimate of drug-likeness (QED) is 0.615. The zero-order valence-electron chi connectivity index (χ0n) is 11.2. The van der Waals surface area contributed by atoms with Crippen molar-refractivity contribution in [2.45, 2.75) is 13.3 Å². The predicted octanol–water partition coefficient (Wildman–Crippen LogP) is 0.239. The van der Waals surface area contributed by atoms with Gasteiger partial charge < -0.3 is 4.74 Å². The molecule has 116 valence electrons. The van der Waals surface area contributed by atoms with E-state index in [4.69, 9.17) is 4.74 Å². The van der Waals surface area contributed by atoms with Gasteiger partial charge in [0.05, 0.1) is 12.4 Å². The van der Waals surface area contributed by atoms with E-state index in [0.717, 1.165) is 0 Å². The summed E-state index contributed by atoms with van der Waals surface area (Å²) in [5.41, 5.74) is 0.0845. The molecular formula is C11H14FN3O5S. The van der Waals surface area contributed by atoms with E-state index in [1.807, 2.05) is 0 Å². The Morgan fingerprint density at radius 2 is 2.33 bits per heavy atom. The molecule has 1 N–H and O–H groups in total. The second kappa shape index (κ2) is 5.80. The molecule has 1 aromatic rings. The van der Waals surface area contributed by atoms with Crippen LogP contribution in [0.1, 0.15) is 23.8 Å². The summed E-state index contributed by atoms with van der Waals surface area (Å²) in [4.78, 5) is 24.5. The van der Waals surface area contributed by atoms with E-state index in [1.165, 1.54) is 11.0 Å². The third kappa shape index (κ3) is 3.78. The van der Waals surface area contributed by atoms with Crippen molar-refractivity contribution in [3.05, 3.63) is 11.8 Å². The highest BCUT2D eigenvalue weighted by molar-refractivity contribution is 7.86. The van der Waals surface area contributed by atoms with Gasteiger partial charge in [-0.05, 0) is 6.92 Å². The summed E-state index contributed by atoms with van der Waals surface area (Å²) in [5, 5.41) is 6.26. The first-order valence-corrected chi connectivity index (χ1v) is 7.80. The molecule has 0 bridgehead atoms. The van der Waals surface area contributed by atoms with E-state index in [2.05, 4.69) is 10.2 Å². The van der Waals surface area contributed by atoms with Gasteiger partial charge in [0, 0.05) is 24.9 Å². The number of anilines is 1. The highest BCUT2D eigenvalue weighted by Gasteiger charge is 2.35. The van der Waals surface area contributed by atoms with Crippen LogP contribution in [0.3, 0.4) is 0 Å². The van der Waals surface area contributed by atoms with Crippen LogP contribution >= 0.6 is 0 Å². The first kappa shape index (κ1) is 15.4. The Hall–Kier alpha value is -1.97. The maximum absolute atomic E-state index is 12.7. The molecule has 2 heterocycles. The smallest absolute Gasteiger partial charge is 0.356 e. The number of carbonyl (C=O) groups is 2. The van der Waals surface area contributed by atoms with Crippen LogP contribution in [-0.2, 0) is 19.8 Å². The van der Waals surface area contributed by atoms with Crippen LogP contribution in [0.5, 0.6) is 0 Å². The van der Waals surface area contributed by atoms with Crippen LogP contribution in [0.4, 0.5) is 9.70 Å². The molecule has 0 aromatic carbocycles. The number of rotatable bonds is 5. The molecule has 8 nitrogen and oxygen atoms in total. The Morgan fingerprint density at radius 3 is 2.95 bits per heavy atom. The fourth-order valence-electron chi connectivity index (χ4n) is 2.16. The zero-order chi connectivity index (χ0) is 15.6. The third-order valence-electron chi connectivity index (χ3n) is 2.98. The van der Waals surface area contributed by atoms with E-state index in [0.29, 0.717) is 0 Å². The fraction of sp³-hybridized carbons (Fsp3) is 0.545. The molecule has 0 spiro atoms. The Kier molecular flexibility index (Phi) is 4.26. The molecule has 0 aliphatic carbocycles. The number of hydrogen-bond donors (Lipinski definition) is 1. The van der Waals surface area contributed by atoms with Crippen molar-refractivity contribution in [1.29, 1.82) is 0 Å². The second-order valence-corrected chi connectivity index (χ2v) is 6.05. The second-order valence-electron chi connectivity index (χ2n) is 4.64. The summed E-state index contributed by atoms with van der Waals surface area (Å²) in [7, 11) is -4.63. The number of nitrogens with zero attached hydrogens (tertiary/aromatic N) is 2. The van der Waals surface area contributed by atoms with Gasteiger partial charge in [0.2, 0.25) is 5.91 Å². The van der Waals surface area contributed by atoms with E-state index in [1.54, 1.807) is 6.92 Å². The number of amides is 1. The molecule has 10 heteroatoms. The Morgan fingerprint density at radius 1 is 1.62 bits per heavy atom. The normalized spacial score (nSPS) is 19.0. The minimum absolute atomic E-state index is 0.0368. The van der Waals surface area contributed by atoms with Gasteiger partial charge in [0.25, 0.3) is 0 Å². The van der Waals surface area contributed by atoms with Crippen LogP contribution in [0.15, 0.2) is 6.07 Å². The van der Waals surface area contributed by atoms with Crippen LogP contribution in [-0.4, -0.2) is 49.4 Å². The van der Waals surface area contributed by atoms with E-state index in [9.17, 15) is 21.9 Å². The molecular weight excluding hydrogens is 305 g/mol. The third-order valence-corrected chi connectivity index (χ3v) is 3.85. The lowest BCUT2D eigenvalue weighted by Crippen LogP contribution is -2.25. The van der Waals surface area contributed by atoms with Gasteiger partial charge in [-0.1, -0.05) is 0 Å². The molecule has 21 heavy (non-hydrogen) atoms. The van der Waals surface area contributed by atoms with Crippen molar-refractivity contribution in [2.24, 2.45) is 5.92 Å². The largest absolute Gasteiger partial charge is 0.461 e. The maximum atomic E-state index is 12.7. The summed E-state index contributed by atoms with van der Waals surface area (Å²) in [6.45, 7) is 1.89. The topological polar surface area (TPSA) is 109 Å². The van der Waals surface area contributed by atoms with Crippen molar-refractivity contribution in [3.63, 3.8) is 0 Å². The number of H-pyrrole nitrogens is 1. The lowest BCUT2D eigenvalue weighted by Gasteiger charge is -2.12. The molecule has 1 aliphatic rings. The fourth-order valence-corrected chi connectivity index (χ4v) is 2.95. The van der Waals surface area contributed by atoms with Crippen LogP contribution in [0, 0.1) is 5.92 Å². The molecule has 1 atom stereocenters. The van der Waals surface area contributed by atoms with Crippen molar-refractivity contribution in [2.75, 3.05) is 23.8 Å². The summed E-state index contributed by atoms with van der Waals surface area (Å²) >= 11 is 0. The number of hydrogen-bond acceptors (Lipinski definition) is 6. The highest BCUT2D eigenvalue weighted by atomic mass is 32.3. The van der Waals surface area contributed by atoms with Gasteiger partial charge in [-0.2, -0.15) is 13.5 Å². The molecule has 1 unspecified atom stereocenters. The van der Waals surface area contributed by atoms with Gasteiger partial charge >= 0.3 is 16.2 Å². The number of halogens is 1. The van der Waals surface area contributed by atoms with Crippen molar-refractivity contribution in [1.82, 2.24) is 10.2 Å². The highest BCUT2D eigenvalue weighted by Crippen LogP contribution is 2.25. The summed E-state index contributed by atoms with van der Waals surface area (Å²) in [5.74, 6) is -2.13. The van der Waals surface area contributed by atoms with Gasteiger partial charge in [-0.15, -0.1) is 3.89 Å².